The van der Waals surface area contributed by atoms with Gasteiger partial charge >= 0.3 is 0 Å². The number of benzene rings is 9. The zero-order valence-corrected chi connectivity index (χ0v) is 36.5. The Balaban J connectivity index is 1.02. The van der Waals surface area contributed by atoms with E-state index in [0.29, 0.717) is 5.82 Å². The molecule has 5 nitrogen and oxygen atoms in total. The Hall–Kier alpha value is -8.54. The molecule has 0 atom stereocenters. The Morgan fingerprint density at radius 2 is 1.08 bits per heavy atom. The van der Waals surface area contributed by atoms with Gasteiger partial charge in [0.05, 0.1) is 22.3 Å². The van der Waals surface area contributed by atoms with Crippen molar-refractivity contribution >= 4 is 60.9 Å². The maximum absolute atomic E-state index is 6.62. The van der Waals surface area contributed by atoms with Crippen molar-refractivity contribution in [3.05, 3.63) is 230 Å². The Kier molecular flexibility index (Phi) is 8.49. The quantitative estimate of drug-likeness (QED) is 0.160. The van der Waals surface area contributed by atoms with Gasteiger partial charge in [0, 0.05) is 55.3 Å². The van der Waals surface area contributed by atoms with E-state index in [1.807, 2.05) is 6.07 Å². The van der Waals surface area contributed by atoms with Gasteiger partial charge in [-0.3, -0.25) is 4.57 Å². The first kappa shape index (κ1) is 38.0. The molecule has 3 aromatic heterocycles. The highest BCUT2D eigenvalue weighted by atomic mass is 16.3. The zero-order valence-electron chi connectivity index (χ0n) is 36.5. The third kappa shape index (κ3) is 5.87. The fourth-order valence-corrected chi connectivity index (χ4v) is 10.5. The van der Waals surface area contributed by atoms with Gasteiger partial charge in [-0.2, -0.15) is 0 Å². The third-order valence-corrected chi connectivity index (χ3v) is 13.6. The second-order valence-corrected chi connectivity index (χ2v) is 17.8. The number of hydrogen-bond donors (Lipinski definition) is 0. The summed E-state index contributed by atoms with van der Waals surface area (Å²) in [5.74, 6) is 0.648. The number of aromatic nitrogens is 3. The topological polar surface area (TPSA) is 47.1 Å². The lowest BCUT2D eigenvalue weighted by Gasteiger charge is -2.29. The molecule has 0 saturated carbocycles. The summed E-state index contributed by atoms with van der Waals surface area (Å²) < 4.78 is 8.88. The van der Waals surface area contributed by atoms with Gasteiger partial charge < -0.3 is 9.32 Å². The average Bonchev–Trinajstić information content (AvgIpc) is 4.00. The molecule has 13 rings (SSSR count). The first-order valence-corrected chi connectivity index (χ1v) is 22.6. The van der Waals surface area contributed by atoms with Crippen LogP contribution >= 0.6 is 0 Å². The van der Waals surface area contributed by atoms with Gasteiger partial charge in [-0.25, -0.2) is 9.97 Å². The second kappa shape index (κ2) is 14.8. The van der Waals surface area contributed by atoms with Gasteiger partial charge in [0.2, 0.25) is 0 Å². The first-order chi connectivity index (χ1) is 32.5. The molecule has 12 aromatic rings. The van der Waals surface area contributed by atoms with E-state index in [1.54, 1.807) is 0 Å². The van der Waals surface area contributed by atoms with E-state index in [4.69, 9.17) is 14.4 Å². The van der Waals surface area contributed by atoms with Crippen LogP contribution in [-0.4, -0.2) is 14.5 Å². The third-order valence-electron chi connectivity index (χ3n) is 13.6. The van der Waals surface area contributed by atoms with E-state index in [-0.39, 0.29) is 5.41 Å². The molecule has 0 spiro atoms. The predicted molar refractivity (Wildman–Crippen MR) is 272 cm³/mol. The minimum atomic E-state index is -0.146. The summed E-state index contributed by atoms with van der Waals surface area (Å²) in [4.78, 5) is 13.3. The Bertz CT molecular complexity index is 3830. The molecule has 9 aromatic carbocycles. The molecule has 66 heavy (non-hydrogen) atoms. The lowest BCUT2D eigenvalue weighted by Crippen LogP contribution is -2.16. The van der Waals surface area contributed by atoms with Crippen LogP contribution in [0.15, 0.2) is 223 Å². The Morgan fingerprint density at radius 3 is 1.86 bits per heavy atom. The van der Waals surface area contributed by atoms with Crippen LogP contribution in [0.1, 0.15) is 25.0 Å². The molecule has 5 heteroatoms. The molecule has 312 valence electrons. The summed E-state index contributed by atoms with van der Waals surface area (Å²) in [5.41, 5.74) is 18.1. The van der Waals surface area contributed by atoms with Crippen LogP contribution in [0, 0.1) is 0 Å². The summed E-state index contributed by atoms with van der Waals surface area (Å²) in [6.07, 6.45) is 0. The Morgan fingerprint density at radius 1 is 0.470 bits per heavy atom. The summed E-state index contributed by atoms with van der Waals surface area (Å²) >= 11 is 0. The molecular weight excluding hydrogens is 805 g/mol. The van der Waals surface area contributed by atoms with Crippen LogP contribution in [0.25, 0.3) is 94.5 Å². The van der Waals surface area contributed by atoms with Crippen molar-refractivity contribution in [2.24, 2.45) is 0 Å². The van der Waals surface area contributed by atoms with Gasteiger partial charge in [0.25, 0.3) is 0 Å². The maximum atomic E-state index is 6.62. The van der Waals surface area contributed by atoms with Crippen LogP contribution in [0.3, 0.4) is 0 Å². The van der Waals surface area contributed by atoms with Crippen molar-refractivity contribution in [1.82, 2.24) is 14.5 Å². The fourth-order valence-electron chi connectivity index (χ4n) is 10.5. The van der Waals surface area contributed by atoms with Crippen LogP contribution in [0.4, 0.5) is 17.1 Å². The van der Waals surface area contributed by atoms with Crippen molar-refractivity contribution in [1.29, 1.82) is 0 Å². The van der Waals surface area contributed by atoms with Crippen molar-refractivity contribution in [3.8, 4) is 50.6 Å². The molecule has 0 fully saturated rings. The highest BCUT2D eigenvalue weighted by Crippen LogP contribution is 2.54. The van der Waals surface area contributed by atoms with Crippen molar-refractivity contribution in [3.63, 3.8) is 0 Å². The summed E-state index contributed by atoms with van der Waals surface area (Å²) in [6.45, 7) is 4.68. The van der Waals surface area contributed by atoms with E-state index in [0.717, 1.165) is 83.4 Å². The smallest absolute Gasteiger partial charge is 0.162 e. The fraction of sp³-hybridized carbons (Fsp3) is 0.0492. The number of para-hydroxylation sites is 2. The lowest BCUT2D eigenvalue weighted by atomic mass is 9.82. The van der Waals surface area contributed by atoms with Crippen LogP contribution in [0.5, 0.6) is 0 Å². The predicted octanol–water partition coefficient (Wildman–Crippen LogP) is 16.3. The molecule has 1 aliphatic rings. The van der Waals surface area contributed by atoms with E-state index < -0.39 is 0 Å². The summed E-state index contributed by atoms with van der Waals surface area (Å²) in [7, 11) is 0. The standard InChI is InChI=1S/C61H42N4O/c1-61(2)50-25-14-12-23-46(50)56-51(61)26-16-28-53(56)64(44-32-29-40(30-33-44)39-17-6-3-7-18-39)45-34-36-55-49(38-45)48-37-42(31-35-54(48)66-55)59-62-58(41-19-8-4-9-20-41)57-47-24-13-15-27-52(47)65(60(57)63-59)43-21-10-5-11-22-43/h3-38H,1-2H3. The number of hydrogen-bond acceptors (Lipinski definition) is 4. The highest BCUT2D eigenvalue weighted by Gasteiger charge is 2.37. The zero-order chi connectivity index (χ0) is 43.9. The molecule has 0 aliphatic heterocycles. The SMILES string of the molecule is CC1(C)c2ccccc2-c2c(N(c3ccc(-c4ccccc4)cc3)c3ccc4oc5ccc(-c6nc(-c7ccccc7)c7c8ccccc8n(-c8ccccc8)c7n6)cc5c4c3)cccc21. The molecule has 0 unspecified atom stereocenters. The number of furan rings is 1. The minimum Gasteiger partial charge on any atom is -0.456 e. The van der Waals surface area contributed by atoms with E-state index in [2.05, 4.69) is 236 Å². The van der Waals surface area contributed by atoms with Gasteiger partial charge in [0.15, 0.2) is 5.82 Å². The molecule has 0 saturated heterocycles. The lowest BCUT2D eigenvalue weighted by molar-refractivity contribution is 0.660. The minimum absolute atomic E-state index is 0.146. The average molecular weight is 847 g/mol. The first-order valence-electron chi connectivity index (χ1n) is 22.6. The van der Waals surface area contributed by atoms with E-state index >= 15 is 0 Å². The second-order valence-electron chi connectivity index (χ2n) is 17.8. The maximum Gasteiger partial charge on any atom is 0.162 e. The highest BCUT2D eigenvalue weighted by molar-refractivity contribution is 6.14. The largest absolute Gasteiger partial charge is 0.456 e. The van der Waals surface area contributed by atoms with E-state index in [1.165, 1.54) is 33.4 Å². The number of fused-ring (bicyclic) bond motifs is 9. The van der Waals surface area contributed by atoms with Crippen molar-refractivity contribution in [2.45, 2.75) is 19.3 Å². The number of rotatable bonds is 7. The van der Waals surface area contributed by atoms with Crippen LogP contribution in [0.2, 0.25) is 0 Å². The number of nitrogens with zero attached hydrogens (tertiary/aromatic N) is 4. The van der Waals surface area contributed by atoms with Gasteiger partial charge in [-0.15, -0.1) is 0 Å². The van der Waals surface area contributed by atoms with Gasteiger partial charge in [-0.05, 0) is 101 Å². The monoisotopic (exact) mass is 846 g/mol. The Labute approximate surface area is 382 Å². The van der Waals surface area contributed by atoms with Gasteiger partial charge in [0.1, 0.15) is 16.8 Å². The molecule has 3 heterocycles. The molecular formula is C61H42N4O. The normalized spacial score (nSPS) is 12.8. The van der Waals surface area contributed by atoms with Gasteiger partial charge in [-0.1, -0.05) is 159 Å². The van der Waals surface area contributed by atoms with E-state index in [9.17, 15) is 0 Å². The molecule has 1 aliphatic carbocycles. The van der Waals surface area contributed by atoms with Crippen LogP contribution < -0.4 is 4.90 Å². The number of anilines is 3. The van der Waals surface area contributed by atoms with Crippen molar-refractivity contribution in [2.75, 3.05) is 4.90 Å². The molecule has 0 bridgehead atoms. The van der Waals surface area contributed by atoms with Crippen molar-refractivity contribution < 1.29 is 4.42 Å². The molecule has 0 amide bonds. The summed E-state index contributed by atoms with van der Waals surface area (Å²) in [5, 5.41) is 4.16. The molecule has 0 N–H and O–H groups in total. The van der Waals surface area contributed by atoms with Crippen LogP contribution in [-0.2, 0) is 5.41 Å². The molecule has 0 radical (unpaired) electrons. The summed E-state index contributed by atoms with van der Waals surface area (Å²) in [6, 6.07) is 77.6.